The number of carbonyl (C=O) groups is 1. The number of carbonyl (C=O) groups excluding carboxylic acids is 1. The summed E-state index contributed by atoms with van der Waals surface area (Å²) in [6.45, 7) is 2.26. The number of nitrogens with zero attached hydrogens (tertiary/aromatic N) is 2. The SMILES string of the molecule is O=C(NCC1CCOCC1)n1ncc2cc(Br)ccc21. The van der Waals surface area contributed by atoms with E-state index in [0.29, 0.717) is 12.5 Å². The van der Waals surface area contributed by atoms with Gasteiger partial charge in [-0.05, 0) is 37.0 Å². The van der Waals surface area contributed by atoms with Crippen molar-refractivity contribution in [3.8, 4) is 0 Å². The first-order valence-corrected chi connectivity index (χ1v) is 7.52. The zero-order chi connectivity index (χ0) is 13.9. The number of halogens is 1. The quantitative estimate of drug-likeness (QED) is 0.916. The second kappa shape index (κ2) is 5.93. The maximum Gasteiger partial charge on any atom is 0.342 e. The summed E-state index contributed by atoms with van der Waals surface area (Å²) < 4.78 is 7.71. The van der Waals surface area contributed by atoms with Crippen molar-refractivity contribution in [1.82, 2.24) is 15.1 Å². The molecule has 1 saturated heterocycles. The third kappa shape index (κ3) is 2.86. The molecule has 3 rings (SSSR count). The zero-order valence-corrected chi connectivity index (χ0v) is 12.6. The Bertz CT molecular complexity index is 620. The molecule has 6 heteroatoms. The number of nitrogens with one attached hydrogen (secondary N) is 1. The highest BCUT2D eigenvalue weighted by Gasteiger charge is 2.16. The second-order valence-corrected chi connectivity index (χ2v) is 5.92. The first-order valence-electron chi connectivity index (χ1n) is 6.73. The van der Waals surface area contributed by atoms with Gasteiger partial charge in [0.05, 0.1) is 11.7 Å². The first-order chi connectivity index (χ1) is 9.74. The molecule has 1 N–H and O–H groups in total. The number of ether oxygens (including phenoxy) is 1. The molecule has 1 aliphatic rings. The molecule has 0 radical (unpaired) electrons. The van der Waals surface area contributed by atoms with Gasteiger partial charge in [-0.15, -0.1) is 0 Å². The highest BCUT2D eigenvalue weighted by molar-refractivity contribution is 9.10. The van der Waals surface area contributed by atoms with Gasteiger partial charge in [0.25, 0.3) is 0 Å². The van der Waals surface area contributed by atoms with E-state index in [1.165, 1.54) is 4.68 Å². The molecule has 0 saturated carbocycles. The van der Waals surface area contributed by atoms with E-state index in [0.717, 1.165) is 41.4 Å². The van der Waals surface area contributed by atoms with Crippen molar-refractivity contribution in [2.24, 2.45) is 5.92 Å². The van der Waals surface area contributed by atoms with Crippen LogP contribution < -0.4 is 5.32 Å². The molecule has 0 atom stereocenters. The van der Waals surface area contributed by atoms with Crippen molar-refractivity contribution in [3.63, 3.8) is 0 Å². The largest absolute Gasteiger partial charge is 0.381 e. The first kappa shape index (κ1) is 13.6. The van der Waals surface area contributed by atoms with Gasteiger partial charge in [-0.2, -0.15) is 9.78 Å². The predicted molar refractivity (Wildman–Crippen MR) is 79.8 cm³/mol. The van der Waals surface area contributed by atoms with Crippen LogP contribution in [0.15, 0.2) is 28.9 Å². The van der Waals surface area contributed by atoms with E-state index in [4.69, 9.17) is 4.74 Å². The van der Waals surface area contributed by atoms with Gasteiger partial charge < -0.3 is 10.1 Å². The summed E-state index contributed by atoms with van der Waals surface area (Å²) in [4.78, 5) is 12.2. The van der Waals surface area contributed by atoms with E-state index >= 15 is 0 Å². The van der Waals surface area contributed by atoms with Gasteiger partial charge in [0.15, 0.2) is 0 Å². The van der Waals surface area contributed by atoms with Gasteiger partial charge in [-0.3, -0.25) is 0 Å². The minimum Gasteiger partial charge on any atom is -0.381 e. The summed E-state index contributed by atoms with van der Waals surface area (Å²) in [5.74, 6) is 0.503. The molecule has 1 aromatic carbocycles. The minimum absolute atomic E-state index is 0.172. The van der Waals surface area contributed by atoms with Crippen molar-refractivity contribution in [1.29, 1.82) is 0 Å². The highest BCUT2D eigenvalue weighted by atomic mass is 79.9. The average Bonchev–Trinajstić information content (AvgIpc) is 2.89. The molecule has 0 spiro atoms. The molecule has 1 aromatic heterocycles. The van der Waals surface area contributed by atoms with E-state index in [9.17, 15) is 4.79 Å². The van der Waals surface area contributed by atoms with Gasteiger partial charge in [0.2, 0.25) is 0 Å². The molecule has 20 heavy (non-hydrogen) atoms. The molecule has 0 aliphatic carbocycles. The maximum atomic E-state index is 12.2. The predicted octanol–water partition coefficient (Wildman–Crippen LogP) is 2.78. The molecule has 2 heterocycles. The van der Waals surface area contributed by atoms with Gasteiger partial charge in [0, 0.05) is 29.6 Å². The number of hydrogen-bond acceptors (Lipinski definition) is 3. The zero-order valence-electron chi connectivity index (χ0n) is 11.0. The molecule has 0 bridgehead atoms. The van der Waals surface area contributed by atoms with Crippen LogP contribution >= 0.6 is 15.9 Å². The molecule has 5 nitrogen and oxygen atoms in total. The van der Waals surface area contributed by atoms with Crippen molar-refractivity contribution < 1.29 is 9.53 Å². The van der Waals surface area contributed by atoms with Crippen LogP contribution in [0.5, 0.6) is 0 Å². The summed E-state index contributed by atoms with van der Waals surface area (Å²) >= 11 is 3.41. The Hall–Kier alpha value is -1.40. The van der Waals surface area contributed by atoms with Crippen LogP contribution in [0.2, 0.25) is 0 Å². The lowest BCUT2D eigenvalue weighted by Crippen LogP contribution is -2.35. The number of hydrogen-bond donors (Lipinski definition) is 1. The van der Waals surface area contributed by atoms with Crippen LogP contribution in [-0.2, 0) is 4.74 Å². The number of rotatable bonds is 2. The Balaban J connectivity index is 1.69. The highest BCUT2D eigenvalue weighted by Crippen LogP contribution is 2.19. The minimum atomic E-state index is -0.172. The van der Waals surface area contributed by atoms with Crippen LogP contribution in [0.1, 0.15) is 12.8 Å². The van der Waals surface area contributed by atoms with E-state index < -0.39 is 0 Å². The molecular weight excluding hydrogens is 322 g/mol. The number of aromatic nitrogens is 2. The Kier molecular flexibility index (Phi) is 4.03. The van der Waals surface area contributed by atoms with E-state index in [-0.39, 0.29) is 6.03 Å². The van der Waals surface area contributed by atoms with Crippen LogP contribution in [0.25, 0.3) is 10.9 Å². The summed E-state index contributed by atoms with van der Waals surface area (Å²) in [7, 11) is 0. The third-order valence-electron chi connectivity index (χ3n) is 3.61. The van der Waals surface area contributed by atoms with E-state index in [1.807, 2.05) is 18.2 Å². The fourth-order valence-electron chi connectivity index (χ4n) is 2.42. The molecular formula is C14H16BrN3O2. The summed E-state index contributed by atoms with van der Waals surface area (Å²) in [5.41, 5.74) is 0.817. The summed E-state index contributed by atoms with van der Waals surface area (Å²) in [5, 5.41) is 8.06. The van der Waals surface area contributed by atoms with Crippen LogP contribution in [0, 0.1) is 5.92 Å². The molecule has 1 fully saturated rings. The molecule has 0 unspecified atom stereocenters. The van der Waals surface area contributed by atoms with E-state index in [2.05, 4.69) is 26.3 Å². The van der Waals surface area contributed by atoms with Crippen LogP contribution in [0.4, 0.5) is 4.79 Å². The van der Waals surface area contributed by atoms with Crippen molar-refractivity contribution in [3.05, 3.63) is 28.9 Å². The fourth-order valence-corrected chi connectivity index (χ4v) is 2.80. The number of benzene rings is 1. The van der Waals surface area contributed by atoms with Crippen LogP contribution in [0.3, 0.4) is 0 Å². The van der Waals surface area contributed by atoms with Gasteiger partial charge >= 0.3 is 6.03 Å². The number of fused-ring (bicyclic) bond motifs is 1. The van der Waals surface area contributed by atoms with Gasteiger partial charge in [-0.1, -0.05) is 15.9 Å². The monoisotopic (exact) mass is 337 g/mol. The molecule has 106 valence electrons. The Labute approximate surface area is 125 Å². The topological polar surface area (TPSA) is 56.1 Å². The lowest BCUT2D eigenvalue weighted by atomic mass is 10.0. The average molecular weight is 338 g/mol. The second-order valence-electron chi connectivity index (χ2n) is 5.00. The van der Waals surface area contributed by atoms with Crippen molar-refractivity contribution >= 4 is 32.9 Å². The van der Waals surface area contributed by atoms with Crippen molar-refractivity contribution in [2.75, 3.05) is 19.8 Å². The molecule has 1 aliphatic heterocycles. The number of amides is 1. The molecule has 1 amide bonds. The fraction of sp³-hybridized carbons (Fsp3) is 0.429. The Morgan fingerprint density at radius 1 is 1.45 bits per heavy atom. The van der Waals surface area contributed by atoms with E-state index in [1.54, 1.807) is 6.20 Å². The summed E-state index contributed by atoms with van der Waals surface area (Å²) in [6.07, 6.45) is 3.72. The smallest absolute Gasteiger partial charge is 0.342 e. The maximum absolute atomic E-state index is 12.2. The van der Waals surface area contributed by atoms with Gasteiger partial charge in [-0.25, -0.2) is 4.79 Å². The van der Waals surface area contributed by atoms with Crippen molar-refractivity contribution in [2.45, 2.75) is 12.8 Å². The Morgan fingerprint density at radius 2 is 2.25 bits per heavy atom. The summed E-state index contributed by atoms with van der Waals surface area (Å²) in [6, 6.07) is 5.57. The Morgan fingerprint density at radius 3 is 3.05 bits per heavy atom. The lowest BCUT2D eigenvalue weighted by Gasteiger charge is -2.22. The standard InChI is InChI=1S/C14H16BrN3O2/c15-12-1-2-13-11(7-12)9-17-18(13)14(19)16-8-10-3-5-20-6-4-10/h1-2,7,9-10H,3-6,8H2,(H,16,19). The molecule has 2 aromatic rings. The van der Waals surface area contributed by atoms with Crippen LogP contribution in [-0.4, -0.2) is 35.6 Å². The third-order valence-corrected chi connectivity index (χ3v) is 4.10. The normalized spacial score (nSPS) is 16.4. The lowest BCUT2D eigenvalue weighted by molar-refractivity contribution is 0.0669. The van der Waals surface area contributed by atoms with Gasteiger partial charge in [0.1, 0.15) is 0 Å².